The third kappa shape index (κ3) is 3.76. The monoisotopic (exact) mass is 380 g/mol. The lowest BCUT2D eigenvalue weighted by molar-refractivity contribution is -0.126. The smallest absolute Gasteiger partial charge is 0.229 e. The predicted octanol–water partition coefficient (Wildman–Crippen LogP) is 1.79. The van der Waals surface area contributed by atoms with E-state index in [4.69, 9.17) is 5.73 Å². The van der Waals surface area contributed by atoms with E-state index in [9.17, 15) is 9.59 Å². The van der Waals surface area contributed by atoms with Gasteiger partial charge < -0.3 is 21.3 Å². The summed E-state index contributed by atoms with van der Waals surface area (Å²) in [6, 6.07) is 9.62. The fourth-order valence-corrected chi connectivity index (χ4v) is 3.75. The number of hydrogen-bond donors (Lipinski definition) is 3. The maximum absolute atomic E-state index is 12.8. The van der Waals surface area contributed by atoms with E-state index in [1.807, 2.05) is 30.3 Å². The van der Waals surface area contributed by atoms with Crippen LogP contribution < -0.4 is 21.3 Å². The van der Waals surface area contributed by atoms with E-state index in [1.54, 1.807) is 0 Å². The van der Waals surface area contributed by atoms with E-state index in [0.717, 1.165) is 31.5 Å². The molecule has 0 saturated carbocycles. The fraction of sp³-hybridized carbons (Fsp3) is 0.400. The Morgan fingerprint density at radius 3 is 2.68 bits per heavy atom. The van der Waals surface area contributed by atoms with Crippen LogP contribution in [0.3, 0.4) is 0 Å². The van der Waals surface area contributed by atoms with E-state index in [0.29, 0.717) is 23.9 Å². The van der Waals surface area contributed by atoms with Gasteiger partial charge in [-0.3, -0.25) is 9.59 Å². The number of anilines is 3. The molecule has 0 radical (unpaired) electrons. The van der Waals surface area contributed by atoms with Gasteiger partial charge in [0.15, 0.2) is 0 Å². The second-order valence-electron chi connectivity index (χ2n) is 7.23. The highest BCUT2D eigenvalue weighted by Crippen LogP contribution is 2.36. The molecule has 2 aliphatic heterocycles. The van der Waals surface area contributed by atoms with Gasteiger partial charge in [0, 0.05) is 26.1 Å². The minimum atomic E-state index is -0.692. The number of rotatable bonds is 4. The van der Waals surface area contributed by atoms with E-state index in [1.165, 1.54) is 6.42 Å². The van der Waals surface area contributed by atoms with Crippen LogP contribution in [0.2, 0.25) is 0 Å². The first-order valence-electron chi connectivity index (χ1n) is 9.65. The van der Waals surface area contributed by atoms with Gasteiger partial charge in [0.25, 0.3) is 0 Å². The number of fused-ring (bicyclic) bond motifs is 1. The SMILES string of the molecule is Nc1nc(N2CCCCC2)nc2c1[C@@H](C(=O)NCc1ccccc1)CC(=O)N2. The van der Waals surface area contributed by atoms with Gasteiger partial charge in [-0.1, -0.05) is 30.3 Å². The lowest BCUT2D eigenvalue weighted by Gasteiger charge is -2.30. The summed E-state index contributed by atoms with van der Waals surface area (Å²) in [4.78, 5) is 36.1. The molecule has 2 amide bonds. The van der Waals surface area contributed by atoms with Gasteiger partial charge in [0.1, 0.15) is 11.6 Å². The Bertz CT molecular complexity index is 880. The van der Waals surface area contributed by atoms with Crippen LogP contribution in [0.25, 0.3) is 0 Å². The highest BCUT2D eigenvalue weighted by molar-refractivity contribution is 6.01. The van der Waals surface area contributed by atoms with Gasteiger partial charge in [0.2, 0.25) is 17.8 Å². The van der Waals surface area contributed by atoms with Crippen LogP contribution in [-0.4, -0.2) is 34.9 Å². The lowest BCUT2D eigenvalue weighted by Crippen LogP contribution is -2.37. The maximum Gasteiger partial charge on any atom is 0.229 e. The molecule has 0 unspecified atom stereocenters. The molecule has 3 heterocycles. The first-order chi connectivity index (χ1) is 13.6. The molecular formula is C20H24N6O2. The number of carbonyl (C=O) groups is 2. The molecule has 0 spiro atoms. The fourth-order valence-electron chi connectivity index (χ4n) is 3.75. The van der Waals surface area contributed by atoms with Crippen LogP contribution in [0, 0.1) is 0 Å². The molecule has 1 saturated heterocycles. The summed E-state index contributed by atoms with van der Waals surface area (Å²) in [5.41, 5.74) is 7.71. The Kier molecular flexibility index (Phi) is 5.10. The van der Waals surface area contributed by atoms with Crippen molar-refractivity contribution < 1.29 is 9.59 Å². The van der Waals surface area contributed by atoms with Crippen molar-refractivity contribution in [1.29, 1.82) is 0 Å². The highest BCUT2D eigenvalue weighted by Gasteiger charge is 2.35. The Hall–Kier alpha value is -3.16. The molecule has 8 heteroatoms. The third-order valence-corrected chi connectivity index (χ3v) is 5.22. The molecule has 146 valence electrons. The summed E-state index contributed by atoms with van der Waals surface area (Å²) in [6.45, 7) is 2.13. The summed E-state index contributed by atoms with van der Waals surface area (Å²) in [7, 11) is 0. The summed E-state index contributed by atoms with van der Waals surface area (Å²) in [6.07, 6.45) is 3.38. The van der Waals surface area contributed by atoms with Gasteiger partial charge in [-0.05, 0) is 24.8 Å². The van der Waals surface area contributed by atoms with Gasteiger partial charge >= 0.3 is 0 Å². The zero-order chi connectivity index (χ0) is 19.5. The van der Waals surface area contributed by atoms with Crippen molar-refractivity contribution in [3.63, 3.8) is 0 Å². The molecule has 2 aliphatic rings. The average Bonchev–Trinajstić information content (AvgIpc) is 2.72. The van der Waals surface area contributed by atoms with E-state index in [-0.39, 0.29) is 24.1 Å². The Labute approximate surface area is 163 Å². The molecule has 1 aromatic heterocycles. The third-order valence-electron chi connectivity index (χ3n) is 5.22. The number of nitrogens with zero attached hydrogens (tertiary/aromatic N) is 3. The Morgan fingerprint density at radius 2 is 1.93 bits per heavy atom. The number of benzene rings is 1. The zero-order valence-corrected chi connectivity index (χ0v) is 15.6. The van der Waals surface area contributed by atoms with E-state index >= 15 is 0 Å². The van der Waals surface area contributed by atoms with Crippen LogP contribution in [-0.2, 0) is 16.1 Å². The molecule has 28 heavy (non-hydrogen) atoms. The summed E-state index contributed by atoms with van der Waals surface area (Å²) >= 11 is 0. The van der Waals surface area contributed by atoms with Crippen molar-refractivity contribution in [3.05, 3.63) is 41.5 Å². The molecular weight excluding hydrogens is 356 g/mol. The van der Waals surface area contributed by atoms with Crippen molar-refractivity contribution in [1.82, 2.24) is 15.3 Å². The standard InChI is InChI=1S/C20H24N6O2/c21-17-16-14(19(28)22-12-13-7-3-1-4-8-13)11-15(27)23-18(16)25-20(24-17)26-9-5-2-6-10-26/h1,3-4,7-8,14H,2,5-6,9-12H2,(H,22,28)(H3,21,23,24,25,27)/t14-/m0/s1. The minimum Gasteiger partial charge on any atom is -0.383 e. The van der Waals surface area contributed by atoms with Crippen LogP contribution in [0.1, 0.15) is 42.7 Å². The summed E-state index contributed by atoms with van der Waals surface area (Å²) in [5, 5.41) is 5.66. The van der Waals surface area contributed by atoms with Crippen molar-refractivity contribution in [2.75, 3.05) is 29.0 Å². The zero-order valence-electron chi connectivity index (χ0n) is 15.6. The van der Waals surface area contributed by atoms with Crippen molar-refractivity contribution in [2.45, 2.75) is 38.1 Å². The molecule has 0 aliphatic carbocycles. The van der Waals surface area contributed by atoms with Crippen LogP contribution in [0.15, 0.2) is 30.3 Å². The molecule has 0 bridgehead atoms. The van der Waals surface area contributed by atoms with E-state index in [2.05, 4.69) is 25.5 Å². The van der Waals surface area contributed by atoms with Gasteiger partial charge in [-0.25, -0.2) is 0 Å². The second-order valence-corrected chi connectivity index (χ2v) is 7.23. The number of piperidine rings is 1. The largest absolute Gasteiger partial charge is 0.383 e. The number of nitrogen functional groups attached to an aromatic ring is 1. The van der Waals surface area contributed by atoms with Gasteiger partial charge in [0.05, 0.1) is 11.5 Å². The minimum absolute atomic E-state index is 0.0320. The molecule has 1 fully saturated rings. The van der Waals surface area contributed by atoms with Crippen LogP contribution >= 0.6 is 0 Å². The van der Waals surface area contributed by atoms with E-state index < -0.39 is 5.92 Å². The van der Waals surface area contributed by atoms with Crippen molar-refractivity contribution >= 4 is 29.4 Å². The van der Waals surface area contributed by atoms with Crippen LogP contribution in [0.4, 0.5) is 17.6 Å². The number of nitrogens with two attached hydrogens (primary N) is 1. The number of hydrogen-bond acceptors (Lipinski definition) is 6. The summed E-state index contributed by atoms with van der Waals surface area (Å²) < 4.78 is 0. The molecule has 8 nitrogen and oxygen atoms in total. The number of nitrogens with one attached hydrogen (secondary N) is 2. The predicted molar refractivity (Wildman–Crippen MR) is 107 cm³/mol. The van der Waals surface area contributed by atoms with Crippen molar-refractivity contribution in [3.8, 4) is 0 Å². The Morgan fingerprint density at radius 1 is 1.18 bits per heavy atom. The highest BCUT2D eigenvalue weighted by atomic mass is 16.2. The topological polar surface area (TPSA) is 113 Å². The van der Waals surface area contributed by atoms with Gasteiger partial charge in [-0.15, -0.1) is 0 Å². The first-order valence-corrected chi connectivity index (χ1v) is 9.65. The number of carbonyl (C=O) groups excluding carboxylic acids is 2. The molecule has 1 atom stereocenters. The van der Waals surface area contributed by atoms with Crippen LogP contribution in [0.5, 0.6) is 0 Å². The first kappa shape index (κ1) is 18.2. The number of aromatic nitrogens is 2. The quantitative estimate of drug-likeness (QED) is 0.745. The molecule has 1 aromatic carbocycles. The second kappa shape index (κ2) is 7.84. The maximum atomic E-state index is 12.8. The Balaban J connectivity index is 1.57. The molecule has 4 rings (SSSR count). The molecule has 2 aromatic rings. The number of amides is 2. The van der Waals surface area contributed by atoms with Crippen molar-refractivity contribution in [2.24, 2.45) is 0 Å². The lowest BCUT2D eigenvalue weighted by atomic mass is 9.92. The van der Waals surface area contributed by atoms with Gasteiger partial charge in [-0.2, -0.15) is 9.97 Å². The average molecular weight is 380 g/mol. The molecule has 4 N–H and O–H groups in total. The normalized spacial score (nSPS) is 18.9. The summed E-state index contributed by atoms with van der Waals surface area (Å²) in [5.74, 6) is -0.0601.